The van der Waals surface area contributed by atoms with Gasteiger partial charge in [0.2, 0.25) is 5.89 Å². The van der Waals surface area contributed by atoms with E-state index in [9.17, 15) is 0 Å². The Bertz CT molecular complexity index is 541. The largest absolute Gasteiger partial charge is 0.483 e. The molecule has 2 rings (SSSR count). The molecule has 0 radical (unpaired) electrons. The van der Waals surface area contributed by atoms with Gasteiger partial charge in [-0.2, -0.15) is 0 Å². The molecule has 0 aliphatic rings. The van der Waals surface area contributed by atoms with Crippen molar-refractivity contribution in [3.05, 3.63) is 40.6 Å². The maximum atomic E-state index is 5.78. The van der Waals surface area contributed by atoms with E-state index in [-0.39, 0.29) is 0 Å². The first-order valence-electron chi connectivity index (χ1n) is 6.26. The second-order valence-corrected chi connectivity index (χ2v) is 4.59. The van der Waals surface area contributed by atoms with Crippen LogP contribution in [-0.2, 0) is 13.2 Å². The molecule has 0 saturated carbocycles. The molecule has 0 aliphatic carbocycles. The van der Waals surface area contributed by atoms with Crippen molar-refractivity contribution >= 4 is 0 Å². The van der Waals surface area contributed by atoms with Gasteiger partial charge in [-0.25, -0.2) is 0 Å². The zero-order chi connectivity index (χ0) is 13.8. The summed E-state index contributed by atoms with van der Waals surface area (Å²) >= 11 is 0. The minimum absolute atomic E-state index is 0.299. The molecular formula is C14H19N3O2. The van der Waals surface area contributed by atoms with Gasteiger partial charge in [-0.05, 0) is 37.6 Å². The monoisotopic (exact) mass is 261 g/mol. The van der Waals surface area contributed by atoms with Gasteiger partial charge in [0.25, 0.3) is 5.89 Å². The topological polar surface area (TPSA) is 60.2 Å². The molecule has 0 saturated heterocycles. The van der Waals surface area contributed by atoms with Crippen LogP contribution >= 0.6 is 0 Å². The third-order valence-corrected chi connectivity index (χ3v) is 2.81. The average Bonchev–Trinajstić information content (AvgIpc) is 2.74. The molecule has 0 unspecified atom stereocenters. The van der Waals surface area contributed by atoms with Gasteiger partial charge in [-0.3, -0.25) is 0 Å². The van der Waals surface area contributed by atoms with Gasteiger partial charge in [0.1, 0.15) is 5.75 Å². The second kappa shape index (κ2) is 5.84. The Morgan fingerprint density at radius 3 is 2.37 bits per heavy atom. The Balaban J connectivity index is 2.11. The van der Waals surface area contributed by atoms with Crippen LogP contribution < -0.4 is 10.1 Å². The van der Waals surface area contributed by atoms with E-state index in [1.54, 1.807) is 6.92 Å². The summed E-state index contributed by atoms with van der Waals surface area (Å²) in [4.78, 5) is 0. The quantitative estimate of drug-likeness (QED) is 0.894. The lowest BCUT2D eigenvalue weighted by molar-refractivity contribution is 0.257. The molecule has 1 aromatic heterocycles. The molecule has 19 heavy (non-hydrogen) atoms. The van der Waals surface area contributed by atoms with Crippen molar-refractivity contribution in [1.82, 2.24) is 15.5 Å². The molecule has 1 N–H and O–H groups in total. The van der Waals surface area contributed by atoms with Gasteiger partial charge in [0.15, 0.2) is 6.61 Å². The van der Waals surface area contributed by atoms with E-state index in [0.717, 1.165) is 23.4 Å². The van der Waals surface area contributed by atoms with Crippen LogP contribution in [0, 0.1) is 20.8 Å². The molecule has 0 spiro atoms. The molecule has 1 aromatic carbocycles. The number of hydrogen-bond donors (Lipinski definition) is 1. The minimum atomic E-state index is 0.299. The first-order chi connectivity index (χ1) is 9.10. The van der Waals surface area contributed by atoms with Crippen LogP contribution in [0.4, 0.5) is 0 Å². The fourth-order valence-corrected chi connectivity index (χ4v) is 2.10. The van der Waals surface area contributed by atoms with E-state index in [1.807, 2.05) is 20.9 Å². The van der Waals surface area contributed by atoms with Crippen LogP contribution in [0.2, 0.25) is 0 Å². The molecule has 0 bridgehead atoms. The van der Waals surface area contributed by atoms with Crippen molar-refractivity contribution in [2.24, 2.45) is 0 Å². The lowest BCUT2D eigenvalue weighted by atomic mass is 10.1. The molecule has 0 amide bonds. The third-order valence-electron chi connectivity index (χ3n) is 2.81. The Morgan fingerprint density at radius 2 is 1.84 bits per heavy atom. The number of benzene rings is 1. The van der Waals surface area contributed by atoms with Crippen molar-refractivity contribution in [3.8, 4) is 5.75 Å². The number of nitrogens with one attached hydrogen (secondary N) is 1. The molecule has 2 aromatic rings. The van der Waals surface area contributed by atoms with E-state index >= 15 is 0 Å². The Morgan fingerprint density at radius 1 is 1.16 bits per heavy atom. The highest BCUT2D eigenvalue weighted by Gasteiger charge is 2.09. The smallest absolute Gasteiger partial charge is 0.253 e. The van der Waals surface area contributed by atoms with Crippen molar-refractivity contribution in [1.29, 1.82) is 0 Å². The normalized spacial score (nSPS) is 10.7. The predicted molar refractivity (Wildman–Crippen MR) is 72.0 cm³/mol. The highest BCUT2D eigenvalue weighted by atomic mass is 16.5. The van der Waals surface area contributed by atoms with Crippen LogP contribution in [0.25, 0.3) is 0 Å². The molecule has 102 valence electrons. The first-order valence-corrected chi connectivity index (χ1v) is 6.26. The summed E-state index contributed by atoms with van der Waals surface area (Å²) in [5, 5.41) is 10.8. The van der Waals surface area contributed by atoms with E-state index in [2.05, 4.69) is 27.6 Å². The first kappa shape index (κ1) is 13.5. The van der Waals surface area contributed by atoms with E-state index in [0.29, 0.717) is 18.4 Å². The van der Waals surface area contributed by atoms with Crippen LogP contribution in [0.1, 0.15) is 28.5 Å². The van der Waals surface area contributed by atoms with Crippen molar-refractivity contribution < 1.29 is 9.15 Å². The summed E-state index contributed by atoms with van der Waals surface area (Å²) in [7, 11) is 1.94. The maximum absolute atomic E-state index is 5.78. The maximum Gasteiger partial charge on any atom is 0.253 e. The molecule has 5 heteroatoms. The molecule has 5 nitrogen and oxygen atoms in total. The van der Waals surface area contributed by atoms with Gasteiger partial charge in [-0.1, -0.05) is 12.1 Å². The minimum Gasteiger partial charge on any atom is -0.483 e. The highest BCUT2D eigenvalue weighted by molar-refractivity contribution is 5.43. The molecular weight excluding hydrogens is 242 g/mol. The lowest BCUT2D eigenvalue weighted by Crippen LogP contribution is -2.06. The summed E-state index contributed by atoms with van der Waals surface area (Å²) in [6.45, 7) is 7.00. The van der Waals surface area contributed by atoms with E-state index in [1.165, 1.54) is 5.56 Å². The Kier molecular flexibility index (Phi) is 4.16. The fraction of sp³-hybridized carbons (Fsp3) is 0.429. The van der Waals surface area contributed by atoms with Gasteiger partial charge in [0, 0.05) is 13.5 Å². The second-order valence-electron chi connectivity index (χ2n) is 4.59. The molecule has 0 atom stereocenters. The van der Waals surface area contributed by atoms with Gasteiger partial charge in [-0.15, -0.1) is 10.2 Å². The summed E-state index contributed by atoms with van der Waals surface area (Å²) in [6.07, 6.45) is 0. The van der Waals surface area contributed by atoms with Crippen LogP contribution in [0.15, 0.2) is 16.5 Å². The molecule has 1 heterocycles. The third kappa shape index (κ3) is 3.32. The van der Waals surface area contributed by atoms with Gasteiger partial charge < -0.3 is 14.5 Å². The van der Waals surface area contributed by atoms with Crippen LogP contribution in [-0.4, -0.2) is 17.2 Å². The van der Waals surface area contributed by atoms with Crippen molar-refractivity contribution in [3.63, 3.8) is 0 Å². The zero-order valence-electron chi connectivity index (χ0n) is 11.8. The number of nitrogens with zero attached hydrogens (tertiary/aromatic N) is 2. The fourth-order valence-electron chi connectivity index (χ4n) is 2.10. The SMILES string of the molecule is CNCc1cc(C)c(OCc2nnc(C)o2)c(C)c1. The lowest BCUT2D eigenvalue weighted by Gasteiger charge is -2.12. The predicted octanol–water partition coefficient (Wildman–Crippen LogP) is 2.29. The summed E-state index contributed by atoms with van der Waals surface area (Å²) in [5.41, 5.74) is 3.47. The number of aryl methyl sites for hydroxylation is 3. The van der Waals surface area contributed by atoms with E-state index < -0.39 is 0 Å². The van der Waals surface area contributed by atoms with Crippen molar-refractivity contribution in [2.45, 2.75) is 33.9 Å². The standard InChI is InChI=1S/C14H19N3O2/c1-9-5-12(7-15-4)6-10(2)14(9)18-8-13-17-16-11(3)19-13/h5-6,15H,7-8H2,1-4H3. The Labute approximate surface area is 113 Å². The number of rotatable bonds is 5. The Hall–Kier alpha value is -1.88. The number of hydrogen-bond acceptors (Lipinski definition) is 5. The zero-order valence-corrected chi connectivity index (χ0v) is 11.8. The average molecular weight is 261 g/mol. The van der Waals surface area contributed by atoms with Crippen LogP contribution in [0.3, 0.4) is 0 Å². The highest BCUT2D eigenvalue weighted by Crippen LogP contribution is 2.25. The summed E-state index contributed by atoms with van der Waals surface area (Å²) < 4.78 is 11.1. The van der Waals surface area contributed by atoms with Crippen LogP contribution in [0.5, 0.6) is 5.75 Å². The molecule has 0 aliphatic heterocycles. The number of ether oxygens (including phenoxy) is 1. The summed E-state index contributed by atoms with van der Waals surface area (Å²) in [5.74, 6) is 1.93. The number of aromatic nitrogens is 2. The van der Waals surface area contributed by atoms with Gasteiger partial charge >= 0.3 is 0 Å². The summed E-state index contributed by atoms with van der Waals surface area (Å²) in [6, 6.07) is 4.25. The van der Waals surface area contributed by atoms with Crippen molar-refractivity contribution in [2.75, 3.05) is 7.05 Å². The van der Waals surface area contributed by atoms with E-state index in [4.69, 9.17) is 9.15 Å². The van der Waals surface area contributed by atoms with Gasteiger partial charge in [0.05, 0.1) is 0 Å². The molecule has 0 fully saturated rings.